The van der Waals surface area contributed by atoms with E-state index in [1.54, 1.807) is 6.07 Å². The van der Waals surface area contributed by atoms with E-state index in [1.807, 2.05) is 4.90 Å². The number of carbonyl (C=O) groups is 1. The highest BCUT2D eigenvalue weighted by molar-refractivity contribution is 6.35. The molecule has 1 aliphatic heterocycles. The highest BCUT2D eigenvalue weighted by atomic mass is 35.5. The molecule has 0 bridgehead atoms. The second-order valence-corrected chi connectivity index (χ2v) is 5.72. The Labute approximate surface area is 123 Å². The zero-order chi connectivity index (χ0) is 13.8. The van der Waals surface area contributed by atoms with Crippen LogP contribution in [0, 0.1) is 0 Å². The van der Waals surface area contributed by atoms with E-state index in [0.717, 1.165) is 32.2 Å². The number of aromatic nitrogens is 1. The van der Waals surface area contributed by atoms with Crippen molar-refractivity contribution in [1.82, 2.24) is 9.88 Å². The lowest BCUT2D eigenvalue weighted by molar-refractivity contribution is 0.0600. The molecule has 1 aromatic rings. The summed E-state index contributed by atoms with van der Waals surface area (Å²) >= 11 is 11.9. The summed E-state index contributed by atoms with van der Waals surface area (Å²) in [4.78, 5) is 18.4. The molecular weight excluding hydrogens is 283 g/mol. The number of pyridine rings is 1. The molecule has 0 aliphatic carbocycles. The Bertz CT molecular complexity index is 463. The van der Waals surface area contributed by atoms with Crippen LogP contribution in [0.25, 0.3) is 0 Å². The summed E-state index contributed by atoms with van der Waals surface area (Å²) in [5, 5.41) is 0.673. The topological polar surface area (TPSA) is 33.2 Å². The number of hydrogen-bond acceptors (Lipinski definition) is 2. The largest absolute Gasteiger partial charge is 0.336 e. The first-order valence-corrected chi connectivity index (χ1v) is 7.51. The lowest BCUT2D eigenvalue weighted by atomic mass is 9.97. The van der Waals surface area contributed by atoms with Gasteiger partial charge in [-0.25, -0.2) is 4.98 Å². The third-order valence-electron chi connectivity index (χ3n) is 3.56. The highest BCUT2D eigenvalue weighted by Crippen LogP contribution is 2.26. The van der Waals surface area contributed by atoms with Crippen LogP contribution in [0.3, 0.4) is 0 Å². The number of halogens is 2. The normalized spacial score (nSPS) is 19.5. The summed E-state index contributed by atoms with van der Waals surface area (Å²) in [7, 11) is 0. The molecule has 5 heteroatoms. The van der Waals surface area contributed by atoms with Crippen molar-refractivity contribution in [1.29, 1.82) is 0 Å². The van der Waals surface area contributed by atoms with E-state index in [0.29, 0.717) is 21.8 Å². The van der Waals surface area contributed by atoms with Gasteiger partial charge < -0.3 is 4.90 Å². The van der Waals surface area contributed by atoms with Crippen LogP contribution in [0.4, 0.5) is 0 Å². The monoisotopic (exact) mass is 300 g/mol. The van der Waals surface area contributed by atoms with Gasteiger partial charge in [0, 0.05) is 18.8 Å². The maximum Gasteiger partial charge on any atom is 0.255 e. The van der Waals surface area contributed by atoms with E-state index in [9.17, 15) is 4.79 Å². The third kappa shape index (κ3) is 3.40. The smallest absolute Gasteiger partial charge is 0.255 e. The molecule has 1 aromatic heterocycles. The van der Waals surface area contributed by atoms with Gasteiger partial charge in [-0.05, 0) is 31.7 Å². The summed E-state index contributed by atoms with van der Waals surface area (Å²) in [6, 6.07) is 1.89. The molecule has 0 saturated carbocycles. The van der Waals surface area contributed by atoms with E-state index < -0.39 is 0 Å². The Morgan fingerprint density at radius 2 is 2.26 bits per heavy atom. The third-order valence-corrected chi connectivity index (χ3v) is 4.07. The van der Waals surface area contributed by atoms with Gasteiger partial charge in [0.1, 0.15) is 5.15 Å². The number of likely N-dealkylation sites (tertiary alicyclic amines) is 1. The summed E-state index contributed by atoms with van der Waals surface area (Å²) in [6.07, 6.45) is 6.90. The molecule has 3 nitrogen and oxygen atoms in total. The summed E-state index contributed by atoms with van der Waals surface area (Å²) in [5.74, 6) is -0.0209. The minimum absolute atomic E-state index is 0.0209. The molecule has 1 aliphatic rings. The molecule has 19 heavy (non-hydrogen) atoms. The Morgan fingerprint density at radius 3 is 3.00 bits per heavy atom. The molecule has 0 radical (unpaired) electrons. The van der Waals surface area contributed by atoms with Crippen LogP contribution >= 0.6 is 23.2 Å². The maximum atomic E-state index is 12.6. The van der Waals surface area contributed by atoms with Crippen molar-refractivity contribution in [3.05, 3.63) is 28.0 Å². The van der Waals surface area contributed by atoms with E-state index in [2.05, 4.69) is 11.9 Å². The average molecular weight is 301 g/mol. The predicted octanol–water partition coefficient (Wildman–Crippen LogP) is 4.18. The van der Waals surface area contributed by atoms with Crippen LogP contribution < -0.4 is 0 Å². The number of rotatable bonds is 3. The molecule has 104 valence electrons. The first-order valence-electron chi connectivity index (χ1n) is 6.75. The van der Waals surface area contributed by atoms with Gasteiger partial charge in [-0.1, -0.05) is 36.5 Å². The Morgan fingerprint density at radius 1 is 1.47 bits per heavy atom. The van der Waals surface area contributed by atoms with E-state index >= 15 is 0 Å². The van der Waals surface area contributed by atoms with Crippen molar-refractivity contribution in [2.75, 3.05) is 6.54 Å². The maximum absolute atomic E-state index is 12.6. The van der Waals surface area contributed by atoms with E-state index in [-0.39, 0.29) is 5.91 Å². The second-order valence-electron chi connectivity index (χ2n) is 4.92. The van der Waals surface area contributed by atoms with Crippen molar-refractivity contribution in [2.24, 2.45) is 0 Å². The van der Waals surface area contributed by atoms with Gasteiger partial charge in [0.05, 0.1) is 10.6 Å². The van der Waals surface area contributed by atoms with Crippen molar-refractivity contribution in [2.45, 2.75) is 45.1 Å². The van der Waals surface area contributed by atoms with Gasteiger partial charge in [-0.3, -0.25) is 4.79 Å². The SMILES string of the molecule is CCCC1CCCCN1C(=O)c1cc(Cl)ncc1Cl. The quantitative estimate of drug-likeness (QED) is 0.785. The van der Waals surface area contributed by atoms with Gasteiger partial charge in [0.25, 0.3) is 5.91 Å². The van der Waals surface area contributed by atoms with Gasteiger partial charge in [0.15, 0.2) is 0 Å². The van der Waals surface area contributed by atoms with Crippen LogP contribution in [0.1, 0.15) is 49.4 Å². The average Bonchev–Trinajstić information content (AvgIpc) is 2.42. The van der Waals surface area contributed by atoms with Crippen LogP contribution in [0.5, 0.6) is 0 Å². The summed E-state index contributed by atoms with van der Waals surface area (Å²) in [5.41, 5.74) is 0.463. The highest BCUT2D eigenvalue weighted by Gasteiger charge is 2.28. The number of nitrogens with zero attached hydrogens (tertiary/aromatic N) is 2. The number of carbonyl (C=O) groups excluding carboxylic acids is 1. The lowest BCUT2D eigenvalue weighted by Crippen LogP contribution is -2.43. The molecular formula is C14H18Cl2N2O. The van der Waals surface area contributed by atoms with Crippen molar-refractivity contribution >= 4 is 29.1 Å². The predicted molar refractivity (Wildman–Crippen MR) is 77.8 cm³/mol. The lowest BCUT2D eigenvalue weighted by Gasteiger charge is -2.36. The first kappa shape index (κ1) is 14.6. The van der Waals surface area contributed by atoms with Gasteiger partial charge in [-0.15, -0.1) is 0 Å². The minimum atomic E-state index is -0.0209. The number of hydrogen-bond donors (Lipinski definition) is 0. The fourth-order valence-electron chi connectivity index (χ4n) is 2.63. The zero-order valence-electron chi connectivity index (χ0n) is 11.0. The molecule has 0 spiro atoms. The summed E-state index contributed by atoms with van der Waals surface area (Å²) < 4.78 is 0. The molecule has 0 aromatic carbocycles. The van der Waals surface area contributed by atoms with Crippen molar-refractivity contribution < 1.29 is 4.79 Å². The molecule has 2 rings (SSSR count). The molecule has 2 heterocycles. The molecule has 1 saturated heterocycles. The van der Waals surface area contributed by atoms with Gasteiger partial charge in [-0.2, -0.15) is 0 Å². The van der Waals surface area contributed by atoms with Crippen LogP contribution in [-0.2, 0) is 0 Å². The van der Waals surface area contributed by atoms with E-state index in [4.69, 9.17) is 23.2 Å². The Balaban J connectivity index is 2.23. The van der Waals surface area contributed by atoms with Crippen LogP contribution in [0.2, 0.25) is 10.2 Å². The minimum Gasteiger partial charge on any atom is -0.336 e. The molecule has 0 N–H and O–H groups in total. The number of piperidine rings is 1. The van der Waals surface area contributed by atoms with Gasteiger partial charge in [0.2, 0.25) is 0 Å². The van der Waals surface area contributed by atoms with Crippen LogP contribution in [-0.4, -0.2) is 28.4 Å². The van der Waals surface area contributed by atoms with Crippen LogP contribution in [0.15, 0.2) is 12.3 Å². The first-order chi connectivity index (χ1) is 9.13. The molecule has 1 amide bonds. The second kappa shape index (κ2) is 6.58. The van der Waals surface area contributed by atoms with Crippen molar-refractivity contribution in [3.8, 4) is 0 Å². The Kier molecular flexibility index (Phi) is 5.06. The van der Waals surface area contributed by atoms with E-state index in [1.165, 1.54) is 12.6 Å². The molecule has 1 fully saturated rings. The zero-order valence-corrected chi connectivity index (χ0v) is 12.5. The molecule has 1 unspecified atom stereocenters. The Hall–Kier alpha value is -0.800. The van der Waals surface area contributed by atoms with Gasteiger partial charge >= 0.3 is 0 Å². The standard InChI is InChI=1S/C14H18Cl2N2O/c1-2-5-10-6-3-4-7-18(10)14(19)11-8-13(16)17-9-12(11)15/h8-10H,2-7H2,1H3. The fraction of sp³-hybridized carbons (Fsp3) is 0.571. The summed E-state index contributed by atoms with van der Waals surface area (Å²) in [6.45, 7) is 2.95. The van der Waals surface area contributed by atoms with Crippen molar-refractivity contribution in [3.63, 3.8) is 0 Å². The fourth-order valence-corrected chi connectivity index (χ4v) is 2.98. The molecule has 1 atom stereocenters. The number of amides is 1.